The molecule has 1 aliphatic heterocycles. The third-order valence-electron chi connectivity index (χ3n) is 3.33. The number of carbonyl (C=O) groups is 2. The highest BCUT2D eigenvalue weighted by atomic mass is 35.5. The Bertz CT molecular complexity index is 733. The van der Waals surface area contributed by atoms with Gasteiger partial charge >= 0.3 is 0 Å². The lowest BCUT2D eigenvalue weighted by atomic mass is 10.1. The summed E-state index contributed by atoms with van der Waals surface area (Å²) in [7, 11) is 0. The average Bonchev–Trinajstić information content (AvgIpc) is 2.48. The number of fused-ring (bicyclic) bond motifs is 1. The highest BCUT2D eigenvalue weighted by Crippen LogP contribution is 2.26. The van der Waals surface area contributed by atoms with E-state index in [1.165, 1.54) is 0 Å². The fraction of sp³-hybridized carbons (Fsp3) is 0.125. The molecule has 1 atom stereocenters. The molecule has 0 fully saturated rings. The maximum atomic E-state index is 12.1. The van der Waals surface area contributed by atoms with Gasteiger partial charge in [0.1, 0.15) is 6.04 Å². The van der Waals surface area contributed by atoms with Gasteiger partial charge in [-0.3, -0.25) is 9.59 Å². The van der Waals surface area contributed by atoms with E-state index in [9.17, 15) is 9.59 Å². The van der Waals surface area contributed by atoms with Crippen molar-refractivity contribution in [3.63, 3.8) is 0 Å². The van der Waals surface area contributed by atoms with Gasteiger partial charge < -0.3 is 16.0 Å². The second-order valence-corrected chi connectivity index (χ2v) is 5.43. The van der Waals surface area contributed by atoms with E-state index in [-0.39, 0.29) is 18.2 Å². The van der Waals surface area contributed by atoms with Crippen LogP contribution in [-0.2, 0) is 9.59 Å². The molecular formula is C16H14ClN3O2. The molecule has 0 saturated heterocycles. The van der Waals surface area contributed by atoms with E-state index in [1.807, 2.05) is 24.3 Å². The first-order valence-corrected chi connectivity index (χ1v) is 7.21. The number of carbonyl (C=O) groups excluding carboxylic acids is 2. The number of amides is 2. The van der Waals surface area contributed by atoms with Gasteiger partial charge in [-0.25, -0.2) is 0 Å². The third kappa shape index (κ3) is 3.20. The molecule has 6 heteroatoms. The first-order valence-electron chi connectivity index (χ1n) is 6.84. The molecule has 1 aliphatic rings. The minimum absolute atomic E-state index is 0.0344. The van der Waals surface area contributed by atoms with Crippen LogP contribution in [0.3, 0.4) is 0 Å². The lowest BCUT2D eigenvalue weighted by Gasteiger charge is -2.26. The maximum Gasteiger partial charge on any atom is 0.247 e. The second-order valence-electron chi connectivity index (χ2n) is 4.99. The molecular weight excluding hydrogens is 302 g/mol. The van der Waals surface area contributed by atoms with Crippen LogP contribution >= 0.6 is 11.6 Å². The van der Waals surface area contributed by atoms with Crippen molar-refractivity contribution in [1.29, 1.82) is 0 Å². The van der Waals surface area contributed by atoms with Crippen molar-refractivity contribution in [3.05, 3.63) is 53.6 Å². The van der Waals surface area contributed by atoms with Gasteiger partial charge in [-0.1, -0.05) is 29.8 Å². The monoisotopic (exact) mass is 315 g/mol. The molecule has 2 aromatic rings. The number of rotatable bonds is 3. The number of hydrogen-bond donors (Lipinski definition) is 3. The number of benzene rings is 2. The molecule has 2 aromatic carbocycles. The van der Waals surface area contributed by atoms with Gasteiger partial charge in [0.25, 0.3) is 0 Å². The van der Waals surface area contributed by atoms with E-state index in [0.717, 1.165) is 11.4 Å². The van der Waals surface area contributed by atoms with Crippen LogP contribution in [0.15, 0.2) is 48.5 Å². The Morgan fingerprint density at radius 1 is 1.14 bits per heavy atom. The van der Waals surface area contributed by atoms with Crippen LogP contribution in [0, 0.1) is 0 Å². The minimum Gasteiger partial charge on any atom is -0.372 e. The van der Waals surface area contributed by atoms with Crippen LogP contribution in [0.2, 0.25) is 5.02 Å². The lowest BCUT2D eigenvalue weighted by molar-refractivity contribution is -0.122. The van der Waals surface area contributed by atoms with Crippen molar-refractivity contribution in [1.82, 2.24) is 0 Å². The number of anilines is 3. The molecule has 3 N–H and O–H groups in total. The highest BCUT2D eigenvalue weighted by molar-refractivity contribution is 6.30. The lowest BCUT2D eigenvalue weighted by Crippen LogP contribution is -2.41. The number of para-hydroxylation sites is 2. The summed E-state index contributed by atoms with van der Waals surface area (Å²) in [6, 6.07) is 13.6. The summed E-state index contributed by atoms with van der Waals surface area (Å²) in [5.41, 5.74) is 2.13. The number of halogens is 1. The van der Waals surface area contributed by atoms with Crippen LogP contribution in [0.4, 0.5) is 17.1 Å². The quantitative estimate of drug-likeness (QED) is 0.815. The molecule has 5 nitrogen and oxygen atoms in total. The maximum absolute atomic E-state index is 12.1. The van der Waals surface area contributed by atoms with Crippen LogP contribution in [-0.4, -0.2) is 17.9 Å². The van der Waals surface area contributed by atoms with Crippen LogP contribution in [0.25, 0.3) is 0 Å². The number of hydrogen-bond acceptors (Lipinski definition) is 3. The zero-order valence-corrected chi connectivity index (χ0v) is 12.4. The van der Waals surface area contributed by atoms with Crippen LogP contribution in [0.5, 0.6) is 0 Å². The van der Waals surface area contributed by atoms with Gasteiger partial charge in [-0.2, -0.15) is 0 Å². The van der Waals surface area contributed by atoms with Crippen molar-refractivity contribution in [2.75, 3.05) is 16.0 Å². The van der Waals surface area contributed by atoms with Gasteiger partial charge in [0, 0.05) is 10.7 Å². The molecule has 1 unspecified atom stereocenters. The van der Waals surface area contributed by atoms with E-state index in [1.54, 1.807) is 24.3 Å². The fourth-order valence-electron chi connectivity index (χ4n) is 2.30. The molecule has 1 heterocycles. The van der Waals surface area contributed by atoms with Gasteiger partial charge in [0.15, 0.2) is 0 Å². The standard InChI is InChI=1S/C16H14ClN3O2/c17-10-4-3-5-11(8-10)18-15(21)9-14-16(22)20-13-7-2-1-6-12(13)19-14/h1-8,14,19H,9H2,(H,18,21)(H,20,22). The Balaban J connectivity index is 1.66. The van der Waals surface area contributed by atoms with E-state index >= 15 is 0 Å². The normalized spacial score (nSPS) is 16.2. The molecule has 0 saturated carbocycles. The summed E-state index contributed by atoms with van der Waals surface area (Å²) in [6.07, 6.45) is 0.0344. The molecule has 2 amide bonds. The molecule has 0 aliphatic carbocycles. The Morgan fingerprint density at radius 3 is 2.68 bits per heavy atom. The molecule has 0 spiro atoms. The highest BCUT2D eigenvalue weighted by Gasteiger charge is 2.27. The van der Waals surface area contributed by atoms with Crippen molar-refractivity contribution < 1.29 is 9.59 Å². The summed E-state index contributed by atoms with van der Waals surface area (Å²) in [5, 5.41) is 9.13. The fourth-order valence-corrected chi connectivity index (χ4v) is 2.49. The van der Waals surface area contributed by atoms with Crippen molar-refractivity contribution >= 4 is 40.5 Å². The molecule has 0 bridgehead atoms. The molecule has 0 radical (unpaired) electrons. The number of nitrogens with one attached hydrogen (secondary N) is 3. The first kappa shape index (κ1) is 14.4. The third-order valence-corrected chi connectivity index (χ3v) is 3.56. The summed E-state index contributed by atoms with van der Waals surface area (Å²) in [5.74, 6) is -0.478. The Hall–Kier alpha value is -2.53. The van der Waals surface area contributed by atoms with Crippen molar-refractivity contribution in [2.24, 2.45) is 0 Å². The zero-order chi connectivity index (χ0) is 15.5. The molecule has 112 valence electrons. The zero-order valence-electron chi connectivity index (χ0n) is 11.6. The summed E-state index contributed by atoms with van der Waals surface area (Å²) in [6.45, 7) is 0. The van der Waals surface area contributed by atoms with Gasteiger partial charge in [-0.05, 0) is 30.3 Å². The minimum atomic E-state index is -0.603. The largest absolute Gasteiger partial charge is 0.372 e. The second kappa shape index (κ2) is 6.07. The van der Waals surface area contributed by atoms with E-state index < -0.39 is 6.04 Å². The van der Waals surface area contributed by atoms with E-state index in [0.29, 0.717) is 10.7 Å². The summed E-state index contributed by atoms with van der Waals surface area (Å²) < 4.78 is 0. The Labute approximate surface area is 132 Å². The SMILES string of the molecule is O=C(CC1Nc2ccccc2NC1=O)Nc1cccc(Cl)c1. The van der Waals surface area contributed by atoms with Crippen LogP contribution < -0.4 is 16.0 Å². The van der Waals surface area contributed by atoms with Crippen molar-refractivity contribution in [3.8, 4) is 0 Å². The van der Waals surface area contributed by atoms with E-state index in [2.05, 4.69) is 16.0 Å². The van der Waals surface area contributed by atoms with Crippen molar-refractivity contribution in [2.45, 2.75) is 12.5 Å². The Kier molecular flexibility index (Phi) is 3.98. The smallest absolute Gasteiger partial charge is 0.247 e. The summed E-state index contributed by atoms with van der Waals surface area (Å²) >= 11 is 5.87. The van der Waals surface area contributed by atoms with Gasteiger partial charge in [-0.15, -0.1) is 0 Å². The molecule has 0 aromatic heterocycles. The first-order chi connectivity index (χ1) is 10.6. The topological polar surface area (TPSA) is 70.2 Å². The van der Waals surface area contributed by atoms with Gasteiger partial charge in [0.2, 0.25) is 11.8 Å². The predicted molar refractivity (Wildman–Crippen MR) is 87.2 cm³/mol. The predicted octanol–water partition coefficient (Wildman–Crippen LogP) is 3.10. The molecule has 3 rings (SSSR count). The van der Waals surface area contributed by atoms with Gasteiger partial charge in [0.05, 0.1) is 17.8 Å². The molecule has 22 heavy (non-hydrogen) atoms. The summed E-state index contributed by atoms with van der Waals surface area (Å²) in [4.78, 5) is 24.1. The average molecular weight is 316 g/mol. The van der Waals surface area contributed by atoms with E-state index in [4.69, 9.17) is 11.6 Å². The Morgan fingerprint density at radius 2 is 1.91 bits per heavy atom. The van der Waals surface area contributed by atoms with Crippen LogP contribution in [0.1, 0.15) is 6.42 Å².